The third-order valence-corrected chi connectivity index (χ3v) is 4.16. The normalized spacial score (nSPS) is 19.7. The molecule has 0 radical (unpaired) electrons. The van der Waals surface area contributed by atoms with E-state index in [2.05, 4.69) is 0 Å². The molecule has 0 spiro atoms. The number of aromatic carboxylic acids is 1. The lowest BCUT2D eigenvalue weighted by Gasteiger charge is -2.16. The highest BCUT2D eigenvalue weighted by Gasteiger charge is 2.34. The Labute approximate surface area is 150 Å². The fourth-order valence-electron chi connectivity index (χ4n) is 2.74. The van der Waals surface area contributed by atoms with E-state index >= 15 is 0 Å². The lowest BCUT2D eigenvalue weighted by Crippen LogP contribution is -2.30. The van der Waals surface area contributed by atoms with Crippen molar-refractivity contribution in [3.8, 4) is 5.75 Å². The van der Waals surface area contributed by atoms with Crippen LogP contribution in [0.3, 0.4) is 0 Å². The number of ether oxygens (including phenoxy) is 1. The summed E-state index contributed by atoms with van der Waals surface area (Å²) in [5.41, 5.74) is 1.08. The van der Waals surface area contributed by atoms with Crippen LogP contribution >= 0.6 is 0 Å². The van der Waals surface area contributed by atoms with Gasteiger partial charge in [-0.15, -0.1) is 0 Å². The second-order valence-electron chi connectivity index (χ2n) is 6.04. The van der Waals surface area contributed by atoms with E-state index in [4.69, 9.17) is 9.84 Å². The molecule has 6 heteroatoms. The van der Waals surface area contributed by atoms with E-state index in [0.29, 0.717) is 5.75 Å². The number of carbonyl (C=O) groups is 2. The number of carboxylic acids is 1. The van der Waals surface area contributed by atoms with E-state index in [0.717, 1.165) is 5.56 Å². The van der Waals surface area contributed by atoms with E-state index in [1.165, 1.54) is 35.2 Å². The summed E-state index contributed by atoms with van der Waals surface area (Å²) in [6, 6.07) is 15.4. The molecule has 1 heterocycles. The summed E-state index contributed by atoms with van der Waals surface area (Å²) < 4.78 is 5.70. The van der Waals surface area contributed by atoms with Gasteiger partial charge in [0.1, 0.15) is 18.0 Å². The van der Waals surface area contributed by atoms with Gasteiger partial charge in [0.05, 0.1) is 18.7 Å². The molecular weight excluding hydrogens is 334 g/mol. The summed E-state index contributed by atoms with van der Waals surface area (Å²) in [6.45, 7) is 0.454. The highest BCUT2D eigenvalue weighted by Crippen LogP contribution is 2.20. The summed E-state index contributed by atoms with van der Waals surface area (Å²) >= 11 is 0. The molecule has 1 fully saturated rings. The van der Waals surface area contributed by atoms with Gasteiger partial charge in [-0.3, -0.25) is 4.79 Å². The van der Waals surface area contributed by atoms with Crippen LogP contribution in [0.2, 0.25) is 0 Å². The van der Waals surface area contributed by atoms with Gasteiger partial charge < -0.3 is 19.8 Å². The monoisotopic (exact) mass is 353 g/mol. The largest absolute Gasteiger partial charge is 0.486 e. The number of carbonyl (C=O) groups excluding carboxylic acids is 1. The Bertz CT molecular complexity index is 801. The quantitative estimate of drug-likeness (QED) is 0.804. The fraction of sp³-hybridized carbons (Fsp3) is 0.200. The molecule has 1 aliphatic heterocycles. The topological polar surface area (TPSA) is 87.1 Å². The van der Waals surface area contributed by atoms with Crippen LogP contribution in [-0.2, 0) is 4.79 Å². The summed E-state index contributed by atoms with van der Waals surface area (Å²) in [7, 11) is 0. The molecule has 0 unspecified atom stereocenters. The first-order chi connectivity index (χ1) is 12.5. The summed E-state index contributed by atoms with van der Waals surface area (Å²) in [5.74, 6) is -0.757. The Morgan fingerprint density at radius 1 is 1.04 bits per heavy atom. The van der Waals surface area contributed by atoms with Crippen molar-refractivity contribution in [2.75, 3.05) is 13.1 Å². The van der Waals surface area contributed by atoms with Gasteiger partial charge in [-0.05, 0) is 35.9 Å². The lowest BCUT2D eigenvalue weighted by atomic mass is 10.2. The van der Waals surface area contributed by atoms with E-state index in [1.807, 2.05) is 30.3 Å². The van der Waals surface area contributed by atoms with Crippen molar-refractivity contribution in [1.82, 2.24) is 4.90 Å². The number of rotatable bonds is 5. The second-order valence-corrected chi connectivity index (χ2v) is 6.04. The van der Waals surface area contributed by atoms with Crippen molar-refractivity contribution in [3.05, 3.63) is 71.8 Å². The van der Waals surface area contributed by atoms with Gasteiger partial charge in [0.2, 0.25) is 5.91 Å². The molecule has 0 bridgehead atoms. The summed E-state index contributed by atoms with van der Waals surface area (Å²) in [6.07, 6.45) is 1.85. The fourth-order valence-corrected chi connectivity index (χ4v) is 2.74. The molecule has 2 N–H and O–H groups in total. The van der Waals surface area contributed by atoms with Crippen molar-refractivity contribution in [2.45, 2.75) is 12.2 Å². The average molecular weight is 353 g/mol. The van der Waals surface area contributed by atoms with Crippen LogP contribution in [0.15, 0.2) is 60.7 Å². The Morgan fingerprint density at radius 2 is 1.73 bits per heavy atom. The first kappa shape index (κ1) is 17.7. The van der Waals surface area contributed by atoms with Crippen LogP contribution in [0.1, 0.15) is 15.9 Å². The third kappa shape index (κ3) is 4.29. The molecule has 2 aromatic rings. The highest BCUT2D eigenvalue weighted by molar-refractivity contribution is 5.92. The molecule has 2 aromatic carbocycles. The van der Waals surface area contributed by atoms with Gasteiger partial charge in [-0.25, -0.2) is 4.79 Å². The van der Waals surface area contributed by atoms with Gasteiger partial charge >= 0.3 is 5.97 Å². The maximum Gasteiger partial charge on any atom is 0.335 e. The molecule has 1 saturated heterocycles. The van der Waals surface area contributed by atoms with Crippen LogP contribution in [0.4, 0.5) is 0 Å². The van der Waals surface area contributed by atoms with Gasteiger partial charge in [0, 0.05) is 6.08 Å². The van der Waals surface area contributed by atoms with Crippen LogP contribution in [0.25, 0.3) is 6.08 Å². The first-order valence-electron chi connectivity index (χ1n) is 8.23. The molecule has 0 aromatic heterocycles. The first-order valence-corrected chi connectivity index (χ1v) is 8.23. The molecule has 134 valence electrons. The van der Waals surface area contributed by atoms with E-state index < -0.39 is 18.2 Å². The minimum Gasteiger partial charge on any atom is -0.486 e. The number of aliphatic hydroxyl groups excluding tert-OH is 1. The van der Waals surface area contributed by atoms with Crippen molar-refractivity contribution in [2.24, 2.45) is 0 Å². The maximum atomic E-state index is 12.3. The van der Waals surface area contributed by atoms with Crippen LogP contribution < -0.4 is 4.74 Å². The summed E-state index contributed by atoms with van der Waals surface area (Å²) in [5, 5.41) is 19.1. The van der Waals surface area contributed by atoms with Crippen LogP contribution in [0, 0.1) is 0 Å². The van der Waals surface area contributed by atoms with Gasteiger partial charge in [-0.2, -0.15) is 0 Å². The SMILES string of the molecule is O=C(O)c1ccc(O[C@@H]2CN(C(=O)/C=C/c3ccccc3)C[C@H]2O)cc1. The predicted molar refractivity (Wildman–Crippen MR) is 95.9 cm³/mol. The van der Waals surface area contributed by atoms with Crippen LogP contribution in [-0.4, -0.2) is 52.3 Å². The third-order valence-electron chi connectivity index (χ3n) is 4.16. The Balaban J connectivity index is 1.59. The van der Waals surface area contributed by atoms with Crippen molar-refractivity contribution in [1.29, 1.82) is 0 Å². The van der Waals surface area contributed by atoms with Crippen molar-refractivity contribution in [3.63, 3.8) is 0 Å². The van der Waals surface area contributed by atoms with Gasteiger partial charge in [0.15, 0.2) is 0 Å². The smallest absolute Gasteiger partial charge is 0.335 e. The van der Waals surface area contributed by atoms with Crippen LogP contribution in [0.5, 0.6) is 5.75 Å². The molecule has 26 heavy (non-hydrogen) atoms. The minimum absolute atomic E-state index is 0.159. The number of likely N-dealkylation sites (tertiary alicyclic amines) is 1. The molecule has 6 nitrogen and oxygen atoms in total. The number of hydrogen-bond acceptors (Lipinski definition) is 4. The number of benzene rings is 2. The lowest BCUT2D eigenvalue weighted by molar-refractivity contribution is -0.125. The Hall–Kier alpha value is -3.12. The Kier molecular flexibility index (Phi) is 5.34. The molecular formula is C20H19NO5. The zero-order valence-electron chi connectivity index (χ0n) is 14.0. The van der Waals surface area contributed by atoms with Gasteiger partial charge in [-0.1, -0.05) is 30.3 Å². The molecule has 1 amide bonds. The maximum absolute atomic E-state index is 12.3. The minimum atomic E-state index is -1.01. The zero-order valence-corrected chi connectivity index (χ0v) is 14.0. The van der Waals surface area contributed by atoms with Crippen molar-refractivity contribution >= 4 is 18.0 Å². The summed E-state index contributed by atoms with van der Waals surface area (Å²) in [4.78, 5) is 24.7. The molecule has 2 atom stereocenters. The number of carboxylic acid groups (broad SMARTS) is 1. The zero-order chi connectivity index (χ0) is 18.5. The number of amides is 1. The van der Waals surface area contributed by atoms with E-state index in [9.17, 15) is 14.7 Å². The number of β-amino-alcohol motifs (C(OH)–C–C–N with tert-alkyl or cyclic N) is 1. The molecule has 0 aliphatic carbocycles. The number of aliphatic hydroxyl groups is 1. The Morgan fingerprint density at radius 3 is 2.38 bits per heavy atom. The van der Waals surface area contributed by atoms with E-state index in [-0.39, 0.29) is 24.6 Å². The van der Waals surface area contributed by atoms with Gasteiger partial charge in [0.25, 0.3) is 0 Å². The van der Waals surface area contributed by atoms with Crippen molar-refractivity contribution < 1.29 is 24.5 Å². The average Bonchev–Trinajstić information content (AvgIpc) is 3.01. The highest BCUT2D eigenvalue weighted by atomic mass is 16.5. The van der Waals surface area contributed by atoms with E-state index in [1.54, 1.807) is 6.08 Å². The molecule has 1 aliphatic rings. The predicted octanol–water partition coefficient (Wildman–Crippen LogP) is 2.05. The number of nitrogens with zero attached hydrogens (tertiary/aromatic N) is 1. The molecule has 3 rings (SSSR count). The number of hydrogen-bond donors (Lipinski definition) is 2. The second kappa shape index (κ2) is 7.84. The molecule has 0 saturated carbocycles. The standard InChI is InChI=1S/C20H19NO5/c22-17-12-21(19(23)11-6-14-4-2-1-3-5-14)13-18(17)26-16-9-7-15(8-10-16)20(24)25/h1-11,17-18,22H,12-13H2,(H,24,25)/b11-6+/t17-,18-/m1/s1.